The lowest BCUT2D eigenvalue weighted by atomic mass is 10.4. The van der Waals surface area contributed by atoms with Gasteiger partial charge >= 0.3 is 6.16 Å². The van der Waals surface area contributed by atoms with E-state index in [-0.39, 0.29) is 4.90 Å². The Morgan fingerprint density at radius 3 is 2.36 bits per heavy atom. The summed E-state index contributed by atoms with van der Waals surface area (Å²) >= 11 is 0. The number of nitrogens with one attached hydrogen (secondary N) is 1. The van der Waals surface area contributed by atoms with Gasteiger partial charge in [0, 0.05) is 0 Å². The van der Waals surface area contributed by atoms with Gasteiger partial charge in [-0.15, -0.1) is 0 Å². The molecular weight excluding hydrogens is 210 g/mol. The highest BCUT2D eigenvalue weighted by Gasteiger charge is 2.14. The summed E-state index contributed by atoms with van der Waals surface area (Å²) in [5.74, 6) is 0. The smallest absolute Gasteiger partial charge is 0.448 e. The third kappa shape index (κ3) is 2.71. The second-order valence-electron chi connectivity index (χ2n) is 2.27. The number of hydrogen-bond donors (Lipinski definition) is 2. The van der Waals surface area contributed by atoms with Crippen LogP contribution in [0.3, 0.4) is 0 Å². The quantitative estimate of drug-likeness (QED) is 0.722. The summed E-state index contributed by atoms with van der Waals surface area (Å²) in [5.41, 5.74) is 0. The molecule has 0 radical (unpaired) electrons. The molecule has 0 atom stereocenters. The van der Waals surface area contributed by atoms with Gasteiger partial charge in [-0.3, -0.25) is 0 Å². The molecule has 0 heterocycles. The van der Waals surface area contributed by atoms with Crippen molar-refractivity contribution < 1.29 is 23.2 Å². The fourth-order valence-electron chi connectivity index (χ4n) is 0.738. The van der Waals surface area contributed by atoms with Crippen molar-refractivity contribution in [3.05, 3.63) is 30.3 Å². The van der Waals surface area contributed by atoms with Crippen LogP contribution in [-0.4, -0.2) is 19.7 Å². The molecule has 0 fully saturated rings. The van der Waals surface area contributed by atoms with E-state index in [4.69, 9.17) is 5.11 Å². The van der Waals surface area contributed by atoms with Crippen LogP contribution in [-0.2, 0) is 14.9 Å². The first kappa shape index (κ1) is 10.5. The molecule has 0 amide bonds. The summed E-state index contributed by atoms with van der Waals surface area (Å²) in [6.45, 7) is 0. The first-order valence-corrected chi connectivity index (χ1v) is 4.97. The van der Waals surface area contributed by atoms with Crippen molar-refractivity contribution in [2.24, 2.45) is 0 Å². The maximum Gasteiger partial charge on any atom is 0.526 e. The van der Waals surface area contributed by atoms with Gasteiger partial charge in [-0.1, -0.05) is 18.2 Å². The van der Waals surface area contributed by atoms with Crippen molar-refractivity contribution >= 4 is 16.2 Å². The molecular formula is C7H7NO5S. The van der Waals surface area contributed by atoms with Gasteiger partial charge in [0.15, 0.2) is 0 Å². The maximum atomic E-state index is 11.2. The number of carbonyl (C=O) groups is 1. The van der Waals surface area contributed by atoms with Crippen LogP contribution >= 0.6 is 0 Å². The van der Waals surface area contributed by atoms with Crippen LogP contribution < -0.4 is 4.89 Å². The van der Waals surface area contributed by atoms with E-state index in [1.165, 1.54) is 29.2 Å². The van der Waals surface area contributed by atoms with Gasteiger partial charge in [-0.2, -0.15) is 0 Å². The van der Waals surface area contributed by atoms with Gasteiger partial charge in [-0.05, 0) is 17.0 Å². The molecule has 0 saturated heterocycles. The van der Waals surface area contributed by atoms with Crippen LogP contribution in [0.4, 0.5) is 4.79 Å². The van der Waals surface area contributed by atoms with Crippen LogP contribution in [0, 0.1) is 0 Å². The van der Waals surface area contributed by atoms with Crippen molar-refractivity contribution in [2.75, 3.05) is 0 Å². The van der Waals surface area contributed by atoms with E-state index in [0.29, 0.717) is 0 Å². The molecule has 0 aromatic heterocycles. The van der Waals surface area contributed by atoms with E-state index in [1.54, 1.807) is 6.07 Å². The normalized spacial score (nSPS) is 10.9. The Morgan fingerprint density at radius 2 is 1.86 bits per heavy atom. The van der Waals surface area contributed by atoms with Gasteiger partial charge < -0.3 is 9.94 Å². The number of carboxylic acid groups (broad SMARTS) is 1. The fraction of sp³-hybridized carbons (Fsp3) is 0. The van der Waals surface area contributed by atoms with E-state index in [9.17, 15) is 13.2 Å². The molecule has 14 heavy (non-hydrogen) atoms. The van der Waals surface area contributed by atoms with Crippen LogP contribution in [0.25, 0.3) is 0 Å². The topological polar surface area (TPSA) is 92.7 Å². The number of rotatable bonds is 3. The average molecular weight is 217 g/mol. The Kier molecular flexibility index (Phi) is 3.05. The van der Waals surface area contributed by atoms with Gasteiger partial charge in [0.25, 0.3) is 10.0 Å². The van der Waals surface area contributed by atoms with Crippen LogP contribution in [0.2, 0.25) is 0 Å². The summed E-state index contributed by atoms with van der Waals surface area (Å²) in [5, 5.41) is 8.07. The van der Waals surface area contributed by atoms with Crippen molar-refractivity contribution in [1.29, 1.82) is 0 Å². The Balaban J connectivity index is 2.82. The Hall–Kier alpha value is -1.60. The second kappa shape index (κ2) is 4.07. The monoisotopic (exact) mass is 217 g/mol. The van der Waals surface area contributed by atoms with E-state index in [2.05, 4.69) is 4.84 Å². The number of benzene rings is 1. The van der Waals surface area contributed by atoms with E-state index >= 15 is 0 Å². The minimum absolute atomic E-state index is 0.0683. The molecule has 0 aliphatic carbocycles. The molecule has 0 spiro atoms. The molecule has 7 heteroatoms. The molecule has 0 aliphatic rings. The molecule has 76 valence electrons. The first-order chi connectivity index (χ1) is 6.52. The summed E-state index contributed by atoms with van der Waals surface area (Å²) in [7, 11) is -3.91. The predicted molar refractivity (Wildman–Crippen MR) is 45.9 cm³/mol. The molecule has 1 rings (SSSR count). The van der Waals surface area contributed by atoms with Gasteiger partial charge in [-0.25, -0.2) is 13.2 Å². The molecule has 0 unspecified atom stereocenters. The van der Waals surface area contributed by atoms with Crippen molar-refractivity contribution in [3.8, 4) is 0 Å². The Bertz CT molecular complexity index is 413. The number of hydrogen-bond acceptors (Lipinski definition) is 4. The summed E-state index contributed by atoms with van der Waals surface area (Å²) < 4.78 is 22.5. The molecule has 6 nitrogen and oxygen atoms in total. The molecule has 0 bridgehead atoms. The Labute approximate surface area is 80.1 Å². The zero-order valence-electron chi connectivity index (χ0n) is 6.88. The number of sulfonamides is 1. The third-order valence-corrected chi connectivity index (χ3v) is 2.49. The van der Waals surface area contributed by atoms with E-state index < -0.39 is 16.2 Å². The zero-order valence-corrected chi connectivity index (χ0v) is 7.69. The van der Waals surface area contributed by atoms with Crippen LogP contribution in [0.1, 0.15) is 0 Å². The summed E-state index contributed by atoms with van der Waals surface area (Å²) in [6.07, 6.45) is -1.72. The predicted octanol–water partition coefficient (Wildman–Crippen LogP) is 0.575. The zero-order chi connectivity index (χ0) is 10.6. The largest absolute Gasteiger partial charge is 0.526 e. The summed E-state index contributed by atoms with van der Waals surface area (Å²) in [4.78, 5) is 15.0. The van der Waals surface area contributed by atoms with Crippen LogP contribution in [0.5, 0.6) is 0 Å². The highest BCUT2D eigenvalue weighted by atomic mass is 32.2. The van der Waals surface area contributed by atoms with E-state index in [0.717, 1.165) is 0 Å². The van der Waals surface area contributed by atoms with Crippen molar-refractivity contribution in [2.45, 2.75) is 4.90 Å². The molecule has 0 saturated carbocycles. The van der Waals surface area contributed by atoms with Crippen LogP contribution in [0.15, 0.2) is 35.2 Å². The van der Waals surface area contributed by atoms with Crippen molar-refractivity contribution in [1.82, 2.24) is 4.89 Å². The lowest BCUT2D eigenvalue weighted by Crippen LogP contribution is -2.26. The van der Waals surface area contributed by atoms with Gasteiger partial charge in [0.1, 0.15) is 0 Å². The molecule has 1 aromatic carbocycles. The maximum absolute atomic E-state index is 11.2. The van der Waals surface area contributed by atoms with E-state index in [1.807, 2.05) is 0 Å². The molecule has 2 N–H and O–H groups in total. The second-order valence-corrected chi connectivity index (χ2v) is 3.91. The van der Waals surface area contributed by atoms with Gasteiger partial charge in [0.05, 0.1) is 4.90 Å². The SMILES string of the molecule is O=C(O)ONS(=O)(=O)c1ccccc1. The van der Waals surface area contributed by atoms with Crippen molar-refractivity contribution in [3.63, 3.8) is 0 Å². The highest BCUT2D eigenvalue weighted by molar-refractivity contribution is 7.89. The molecule has 1 aromatic rings. The fourth-order valence-corrected chi connectivity index (χ4v) is 1.53. The lowest BCUT2D eigenvalue weighted by Gasteiger charge is -2.03. The minimum Gasteiger partial charge on any atom is -0.448 e. The standard InChI is InChI=1S/C7H7NO5S/c9-7(10)13-8-14(11,12)6-4-2-1-3-5-6/h1-5,8H,(H,9,10). The highest BCUT2D eigenvalue weighted by Crippen LogP contribution is 2.06. The average Bonchev–Trinajstić information content (AvgIpc) is 2.16. The first-order valence-electron chi connectivity index (χ1n) is 3.49. The lowest BCUT2D eigenvalue weighted by molar-refractivity contribution is 0.0724. The molecule has 0 aliphatic heterocycles. The Morgan fingerprint density at radius 1 is 1.29 bits per heavy atom. The minimum atomic E-state index is -3.91. The van der Waals surface area contributed by atoms with Gasteiger partial charge in [0.2, 0.25) is 0 Å². The summed E-state index contributed by atoms with van der Waals surface area (Å²) in [6, 6.07) is 7.28. The third-order valence-electron chi connectivity index (χ3n) is 1.29.